The van der Waals surface area contributed by atoms with E-state index in [2.05, 4.69) is 67.7 Å². The molecular formula is C38H57N5O5SSi. The van der Waals surface area contributed by atoms with E-state index >= 15 is 0 Å². The molecule has 50 heavy (non-hydrogen) atoms. The van der Waals surface area contributed by atoms with Crippen LogP contribution in [0, 0.1) is 29.1 Å². The summed E-state index contributed by atoms with van der Waals surface area (Å²) in [5.41, 5.74) is 3.08. The Kier molecular flexibility index (Phi) is 12.4. The fourth-order valence-electron chi connectivity index (χ4n) is 6.24. The van der Waals surface area contributed by atoms with Gasteiger partial charge in [0.15, 0.2) is 8.32 Å². The molecule has 0 radical (unpaired) electrons. The third-order valence-corrected chi connectivity index (χ3v) is 16.2. The van der Waals surface area contributed by atoms with Gasteiger partial charge in [-0.05, 0) is 67.3 Å². The van der Waals surface area contributed by atoms with Crippen LogP contribution in [0.1, 0.15) is 104 Å². The van der Waals surface area contributed by atoms with E-state index in [0.717, 1.165) is 34.5 Å². The zero-order valence-electron chi connectivity index (χ0n) is 31.4. The second-order valence-electron chi connectivity index (χ2n) is 16.7. The summed E-state index contributed by atoms with van der Waals surface area (Å²) in [5, 5.41) is 25.2. The number of carbonyl (C=O) groups excluding carboxylic acids is 3. The first kappa shape index (κ1) is 39.7. The van der Waals surface area contributed by atoms with Crippen LogP contribution in [0.3, 0.4) is 0 Å². The maximum atomic E-state index is 14.5. The summed E-state index contributed by atoms with van der Waals surface area (Å²) in [6.07, 6.45) is 3.95. The molecule has 1 aliphatic carbocycles. The molecule has 12 heteroatoms. The summed E-state index contributed by atoms with van der Waals surface area (Å²) in [6.45, 7) is 18.8. The number of hydrogen-bond acceptors (Lipinski definition) is 8. The number of aliphatic hydroxyl groups is 1. The molecule has 1 saturated heterocycles. The Labute approximate surface area is 303 Å². The minimum Gasteiger partial charge on any atom is -0.412 e. The summed E-state index contributed by atoms with van der Waals surface area (Å²) in [7, 11) is -2.25. The lowest BCUT2D eigenvalue weighted by atomic mass is 9.85. The van der Waals surface area contributed by atoms with Crippen molar-refractivity contribution >= 4 is 37.4 Å². The number of aryl methyl sites for hydroxylation is 1. The van der Waals surface area contributed by atoms with E-state index in [-0.39, 0.29) is 42.2 Å². The van der Waals surface area contributed by atoms with Gasteiger partial charge in [-0.25, -0.2) is 4.98 Å². The lowest BCUT2D eigenvalue weighted by molar-refractivity contribution is -0.144. The lowest BCUT2D eigenvalue weighted by Crippen LogP contribution is -2.58. The number of likely N-dealkylation sites (tertiary alicyclic amines) is 1. The van der Waals surface area contributed by atoms with Crippen LogP contribution in [0.4, 0.5) is 0 Å². The number of aromatic nitrogens is 1. The van der Waals surface area contributed by atoms with Gasteiger partial charge in [-0.15, -0.1) is 11.3 Å². The van der Waals surface area contributed by atoms with Gasteiger partial charge >= 0.3 is 0 Å². The Morgan fingerprint density at radius 3 is 2.28 bits per heavy atom. The molecule has 3 N–H and O–H groups in total. The van der Waals surface area contributed by atoms with E-state index in [4.69, 9.17) is 4.43 Å². The highest BCUT2D eigenvalue weighted by Crippen LogP contribution is 2.45. The van der Waals surface area contributed by atoms with Crippen molar-refractivity contribution in [2.75, 3.05) is 13.2 Å². The standard InChI is InChI=1S/C38H57N5O5SSi/c1-25-31(49-24-40-25)27-16-14-26(15-17-27)29(13-11-10-12-20-44)41-33(45)30-21-28(48-50(8,9)37(5,6)7)22-43(30)34(46)32(36(2,3)4)42-35(47)38(23-39)18-19-38/h14-17,24,28-30,32,44H,10-13,18-22H2,1-9H3,(H,41,45)(H,42,47)/t28-,29+,30+,32-/m1/s1. The molecule has 2 heterocycles. The average Bonchev–Trinajstić information content (AvgIpc) is 3.56. The van der Waals surface area contributed by atoms with Crippen molar-refractivity contribution in [3.05, 3.63) is 41.0 Å². The van der Waals surface area contributed by atoms with Gasteiger partial charge in [-0.2, -0.15) is 5.26 Å². The van der Waals surface area contributed by atoms with E-state index in [0.29, 0.717) is 32.1 Å². The maximum Gasteiger partial charge on any atom is 0.246 e. The highest BCUT2D eigenvalue weighted by Gasteiger charge is 2.54. The number of nitrogens with one attached hydrogen (secondary N) is 2. The van der Waals surface area contributed by atoms with Crippen LogP contribution >= 0.6 is 11.3 Å². The number of amides is 3. The lowest BCUT2D eigenvalue weighted by Gasteiger charge is -2.38. The van der Waals surface area contributed by atoms with Gasteiger partial charge in [0.1, 0.15) is 17.5 Å². The zero-order valence-corrected chi connectivity index (χ0v) is 33.2. The van der Waals surface area contributed by atoms with E-state index in [1.54, 1.807) is 16.2 Å². The molecule has 2 aliphatic rings. The second kappa shape index (κ2) is 15.6. The van der Waals surface area contributed by atoms with Gasteiger partial charge in [-0.1, -0.05) is 78.6 Å². The van der Waals surface area contributed by atoms with Crippen molar-refractivity contribution in [1.82, 2.24) is 20.5 Å². The minimum atomic E-state index is -2.25. The summed E-state index contributed by atoms with van der Waals surface area (Å²) in [5.74, 6) is -1.03. The van der Waals surface area contributed by atoms with Gasteiger partial charge in [0.25, 0.3) is 0 Å². The van der Waals surface area contributed by atoms with Gasteiger partial charge < -0.3 is 25.1 Å². The van der Waals surface area contributed by atoms with Crippen molar-refractivity contribution in [2.24, 2.45) is 10.8 Å². The van der Waals surface area contributed by atoms with Crippen LogP contribution in [0.15, 0.2) is 29.8 Å². The Balaban J connectivity index is 1.63. The van der Waals surface area contributed by atoms with Crippen molar-refractivity contribution < 1.29 is 23.9 Å². The molecule has 1 aliphatic heterocycles. The predicted molar refractivity (Wildman–Crippen MR) is 200 cm³/mol. The van der Waals surface area contributed by atoms with Gasteiger partial charge in [0, 0.05) is 19.6 Å². The molecule has 1 saturated carbocycles. The zero-order chi connectivity index (χ0) is 37.1. The summed E-state index contributed by atoms with van der Waals surface area (Å²) < 4.78 is 6.80. The molecule has 1 aromatic carbocycles. The molecule has 3 amide bonds. The number of unbranched alkanes of at least 4 members (excludes halogenated alkanes) is 2. The van der Waals surface area contributed by atoms with Crippen LogP contribution in [0.5, 0.6) is 0 Å². The fourth-order valence-corrected chi connectivity index (χ4v) is 8.41. The minimum absolute atomic E-state index is 0.0659. The third kappa shape index (κ3) is 9.21. The van der Waals surface area contributed by atoms with E-state index in [1.807, 2.05) is 45.3 Å². The van der Waals surface area contributed by atoms with Gasteiger partial charge in [0.2, 0.25) is 17.7 Å². The first-order valence-corrected chi connectivity index (χ1v) is 21.7. The number of benzene rings is 1. The number of nitrogens with zero attached hydrogens (tertiary/aromatic N) is 3. The topological polar surface area (TPSA) is 145 Å². The SMILES string of the molecule is Cc1ncsc1-c1ccc([C@H](CCCCCO)NC(=O)[C@@H]2C[C@@H](O[Si](C)(C)C(C)(C)C)CN2C(=O)[C@@H](NC(=O)C2(C#N)CC2)C(C)(C)C)cc1. The Hall–Kier alpha value is -3.11. The quantitative estimate of drug-likeness (QED) is 0.146. The van der Waals surface area contributed by atoms with E-state index in [1.165, 1.54) is 0 Å². The molecule has 0 unspecified atom stereocenters. The second-order valence-corrected chi connectivity index (χ2v) is 22.3. The van der Waals surface area contributed by atoms with Crippen LogP contribution in [-0.2, 0) is 18.8 Å². The molecule has 10 nitrogen and oxygen atoms in total. The number of carbonyl (C=O) groups is 3. The van der Waals surface area contributed by atoms with Crippen molar-refractivity contribution in [3.8, 4) is 16.5 Å². The Morgan fingerprint density at radius 2 is 1.76 bits per heavy atom. The predicted octanol–water partition coefficient (Wildman–Crippen LogP) is 6.65. The van der Waals surface area contributed by atoms with Gasteiger partial charge in [0.05, 0.1) is 34.3 Å². The summed E-state index contributed by atoms with van der Waals surface area (Å²) >= 11 is 1.59. The molecule has 4 atom stereocenters. The smallest absolute Gasteiger partial charge is 0.246 e. The Morgan fingerprint density at radius 1 is 1.10 bits per heavy atom. The number of thiazole rings is 1. The van der Waals surface area contributed by atoms with Crippen molar-refractivity contribution in [2.45, 2.75) is 136 Å². The van der Waals surface area contributed by atoms with Gasteiger partial charge in [-0.3, -0.25) is 14.4 Å². The molecule has 274 valence electrons. The van der Waals surface area contributed by atoms with Crippen LogP contribution in [-0.4, -0.2) is 72.4 Å². The van der Waals surface area contributed by atoms with Crippen LogP contribution in [0.2, 0.25) is 18.1 Å². The highest BCUT2D eigenvalue weighted by molar-refractivity contribution is 7.13. The first-order valence-electron chi connectivity index (χ1n) is 18.0. The van der Waals surface area contributed by atoms with Crippen molar-refractivity contribution in [1.29, 1.82) is 5.26 Å². The number of rotatable bonds is 14. The largest absolute Gasteiger partial charge is 0.412 e. The molecule has 2 aromatic rings. The summed E-state index contributed by atoms with van der Waals surface area (Å²) in [4.78, 5) is 49.3. The number of nitriles is 1. The van der Waals surface area contributed by atoms with Crippen molar-refractivity contribution in [3.63, 3.8) is 0 Å². The van der Waals surface area contributed by atoms with E-state index in [9.17, 15) is 24.8 Å². The average molecular weight is 724 g/mol. The molecule has 2 fully saturated rings. The van der Waals surface area contributed by atoms with Crippen LogP contribution < -0.4 is 10.6 Å². The monoisotopic (exact) mass is 723 g/mol. The normalized spacial score (nSPS) is 20.1. The van der Waals surface area contributed by atoms with E-state index < -0.39 is 37.1 Å². The number of hydrogen-bond donors (Lipinski definition) is 3. The fraction of sp³-hybridized carbons (Fsp3) is 0.658. The molecular weight excluding hydrogens is 667 g/mol. The Bertz CT molecular complexity index is 1550. The third-order valence-electron chi connectivity index (χ3n) is 10.7. The highest BCUT2D eigenvalue weighted by atomic mass is 32.1. The summed E-state index contributed by atoms with van der Waals surface area (Å²) in [6, 6.07) is 8.29. The molecule has 1 aromatic heterocycles. The van der Waals surface area contributed by atoms with Crippen LogP contribution in [0.25, 0.3) is 10.4 Å². The maximum absolute atomic E-state index is 14.5. The molecule has 0 spiro atoms. The first-order chi connectivity index (χ1) is 23.3. The molecule has 0 bridgehead atoms. The molecule has 4 rings (SSSR count). The number of aliphatic hydroxyl groups excluding tert-OH is 1.